The van der Waals surface area contributed by atoms with E-state index in [9.17, 15) is 4.79 Å². The third-order valence-corrected chi connectivity index (χ3v) is 6.69. The average molecular weight is 314 g/mol. The number of aryl methyl sites for hydroxylation is 1. The van der Waals surface area contributed by atoms with Crippen molar-refractivity contribution in [2.24, 2.45) is 22.9 Å². The molecule has 0 saturated heterocycles. The largest absolute Gasteiger partial charge is 0.281 e. The fourth-order valence-electron chi connectivity index (χ4n) is 3.90. The Kier molecular flexibility index (Phi) is 3.65. The lowest BCUT2D eigenvalue weighted by atomic mass is 9.74. The second-order valence-corrected chi connectivity index (χ2v) is 7.90. The highest BCUT2D eigenvalue weighted by molar-refractivity contribution is 7.14. The van der Waals surface area contributed by atoms with Crippen LogP contribution < -0.4 is 5.43 Å². The van der Waals surface area contributed by atoms with E-state index in [1.807, 2.05) is 0 Å². The molecule has 1 N–H and O–H groups in total. The fourth-order valence-corrected chi connectivity index (χ4v) is 5.00. The monoisotopic (exact) mass is 314 g/mol. The van der Waals surface area contributed by atoms with Gasteiger partial charge in [-0.1, -0.05) is 25.5 Å². The summed E-state index contributed by atoms with van der Waals surface area (Å²) in [6.45, 7) is 2.26. The van der Waals surface area contributed by atoms with Crippen LogP contribution in [0.15, 0.2) is 23.3 Å². The number of nitrogens with one attached hydrogen (secondary N) is 1. The topological polar surface area (TPSA) is 41.5 Å². The molecular formula is C18H22N2OS. The molecular weight excluding hydrogens is 292 g/mol. The number of amides is 1. The van der Waals surface area contributed by atoms with Gasteiger partial charge >= 0.3 is 0 Å². The summed E-state index contributed by atoms with van der Waals surface area (Å²) in [5.74, 6) is 1.99. The maximum Gasteiger partial charge on any atom is 0.281 e. The number of hydrogen-bond acceptors (Lipinski definition) is 3. The van der Waals surface area contributed by atoms with Crippen LogP contribution in [0.4, 0.5) is 0 Å². The number of hydrogen-bond donors (Lipinski definition) is 1. The van der Waals surface area contributed by atoms with Gasteiger partial charge in [0.25, 0.3) is 5.91 Å². The number of thiophene rings is 1. The third kappa shape index (κ3) is 2.43. The van der Waals surface area contributed by atoms with E-state index in [-0.39, 0.29) is 5.91 Å². The first-order valence-corrected chi connectivity index (χ1v) is 9.21. The number of allylic oxidation sites excluding steroid dienone is 2. The lowest BCUT2D eigenvalue weighted by Gasteiger charge is -2.31. The number of carbonyl (C=O) groups is 1. The van der Waals surface area contributed by atoms with E-state index in [0.717, 1.165) is 42.2 Å². The van der Waals surface area contributed by atoms with Crippen molar-refractivity contribution in [3.05, 3.63) is 33.5 Å². The Morgan fingerprint density at radius 1 is 1.45 bits per heavy atom. The molecule has 1 amide bonds. The number of rotatable bonds is 3. The van der Waals surface area contributed by atoms with Crippen LogP contribution in [0.3, 0.4) is 0 Å². The summed E-state index contributed by atoms with van der Waals surface area (Å²) in [7, 11) is 0. The van der Waals surface area contributed by atoms with Gasteiger partial charge in [-0.05, 0) is 55.6 Å². The van der Waals surface area contributed by atoms with Crippen LogP contribution in [-0.2, 0) is 12.8 Å². The molecule has 4 rings (SSSR count). The highest BCUT2D eigenvalue weighted by Gasteiger charge is 2.38. The molecule has 0 aromatic carbocycles. The van der Waals surface area contributed by atoms with Crippen LogP contribution in [0.1, 0.15) is 52.7 Å². The van der Waals surface area contributed by atoms with Gasteiger partial charge < -0.3 is 0 Å². The molecule has 116 valence electrons. The van der Waals surface area contributed by atoms with Crippen molar-refractivity contribution >= 4 is 23.0 Å². The number of carbonyl (C=O) groups excluding carboxylic acids is 1. The van der Waals surface area contributed by atoms with Gasteiger partial charge in [0.05, 0.1) is 4.88 Å². The summed E-state index contributed by atoms with van der Waals surface area (Å²) in [4.78, 5) is 14.6. The van der Waals surface area contributed by atoms with Crippen LogP contribution in [0, 0.1) is 17.8 Å². The second kappa shape index (κ2) is 5.65. The van der Waals surface area contributed by atoms with E-state index in [1.165, 1.54) is 23.3 Å². The van der Waals surface area contributed by atoms with Gasteiger partial charge in [-0.15, -0.1) is 11.3 Å². The summed E-state index contributed by atoms with van der Waals surface area (Å²) >= 11 is 1.66. The molecule has 1 aromatic heterocycles. The Balaban J connectivity index is 1.41. The van der Waals surface area contributed by atoms with E-state index in [0.29, 0.717) is 11.8 Å². The van der Waals surface area contributed by atoms with E-state index < -0.39 is 0 Å². The molecule has 0 unspecified atom stereocenters. The maximum atomic E-state index is 12.3. The molecule has 4 heteroatoms. The van der Waals surface area contributed by atoms with Crippen molar-refractivity contribution in [1.29, 1.82) is 0 Å². The van der Waals surface area contributed by atoms with Crippen LogP contribution in [-0.4, -0.2) is 11.6 Å². The first-order valence-electron chi connectivity index (χ1n) is 8.39. The molecule has 0 radical (unpaired) electrons. The maximum absolute atomic E-state index is 12.3. The highest BCUT2D eigenvalue weighted by Crippen LogP contribution is 2.40. The zero-order valence-corrected chi connectivity index (χ0v) is 13.8. The number of fused-ring (bicyclic) bond motifs is 2. The van der Waals surface area contributed by atoms with Crippen LogP contribution in [0.2, 0.25) is 0 Å². The predicted molar refractivity (Wildman–Crippen MR) is 90.4 cm³/mol. The van der Waals surface area contributed by atoms with Crippen molar-refractivity contribution < 1.29 is 4.79 Å². The summed E-state index contributed by atoms with van der Waals surface area (Å²) < 4.78 is 0. The molecule has 1 heterocycles. The first-order chi connectivity index (χ1) is 10.7. The van der Waals surface area contributed by atoms with Crippen molar-refractivity contribution in [2.45, 2.75) is 45.4 Å². The Morgan fingerprint density at radius 3 is 3.18 bits per heavy atom. The highest BCUT2D eigenvalue weighted by atomic mass is 32.1. The minimum Gasteiger partial charge on any atom is -0.266 e. The molecule has 1 saturated carbocycles. The first kappa shape index (κ1) is 14.2. The minimum absolute atomic E-state index is 0.0330. The number of hydrazone groups is 1. The Hall–Kier alpha value is -1.42. The van der Waals surface area contributed by atoms with E-state index in [1.54, 1.807) is 11.3 Å². The molecule has 3 nitrogen and oxygen atoms in total. The normalized spacial score (nSPS) is 30.8. The molecule has 1 fully saturated rings. The molecule has 3 aliphatic carbocycles. The van der Waals surface area contributed by atoms with Crippen LogP contribution in [0.5, 0.6) is 0 Å². The summed E-state index contributed by atoms with van der Waals surface area (Å²) in [6, 6.07) is 2.10. The average Bonchev–Trinajstić information content (AvgIpc) is 3.10. The standard InChI is InChI=1S/C18H22N2OS/c1-2-11-6-7-16-13(8-11)10-17(22-16)18(21)20-19-15-9-12-4-3-5-14(12)15/h3-4,10-12,14H,2,5-9H2,1H3,(H,20,21)/t11-,12+,14+/m1/s1. The second-order valence-electron chi connectivity index (χ2n) is 6.76. The third-order valence-electron chi connectivity index (χ3n) is 5.45. The van der Waals surface area contributed by atoms with Crippen molar-refractivity contribution in [3.8, 4) is 0 Å². The van der Waals surface area contributed by atoms with Crippen LogP contribution >= 0.6 is 11.3 Å². The van der Waals surface area contributed by atoms with Gasteiger partial charge in [0, 0.05) is 16.5 Å². The Bertz CT molecular complexity index is 658. The van der Waals surface area contributed by atoms with Gasteiger partial charge in [0.2, 0.25) is 0 Å². The van der Waals surface area contributed by atoms with Gasteiger partial charge in [0.15, 0.2) is 0 Å². The van der Waals surface area contributed by atoms with Gasteiger partial charge in [-0.2, -0.15) is 5.10 Å². The molecule has 22 heavy (non-hydrogen) atoms. The van der Waals surface area contributed by atoms with Crippen molar-refractivity contribution in [3.63, 3.8) is 0 Å². The SMILES string of the molecule is CC[C@@H]1CCc2sc(C(=O)NN=C3C[C@@H]4C=CC[C@H]34)cc2C1. The lowest BCUT2D eigenvalue weighted by Crippen LogP contribution is -2.35. The minimum atomic E-state index is -0.0330. The Labute approximate surface area is 135 Å². The van der Waals surface area contributed by atoms with Gasteiger partial charge in [-0.3, -0.25) is 4.79 Å². The van der Waals surface area contributed by atoms with Crippen LogP contribution in [0.25, 0.3) is 0 Å². The Morgan fingerprint density at radius 2 is 2.36 bits per heavy atom. The van der Waals surface area contributed by atoms with E-state index >= 15 is 0 Å². The van der Waals surface area contributed by atoms with Crippen molar-refractivity contribution in [1.82, 2.24) is 5.43 Å². The quantitative estimate of drug-likeness (QED) is 0.666. The molecule has 3 aliphatic rings. The summed E-state index contributed by atoms with van der Waals surface area (Å²) in [6.07, 6.45) is 11.4. The van der Waals surface area contributed by atoms with E-state index in [4.69, 9.17) is 0 Å². The summed E-state index contributed by atoms with van der Waals surface area (Å²) in [5, 5.41) is 4.37. The molecule has 1 aromatic rings. The van der Waals surface area contributed by atoms with Gasteiger partial charge in [-0.25, -0.2) is 5.43 Å². The van der Waals surface area contributed by atoms with Crippen molar-refractivity contribution in [2.75, 3.05) is 0 Å². The summed E-state index contributed by atoms with van der Waals surface area (Å²) in [5.41, 5.74) is 5.34. The smallest absolute Gasteiger partial charge is 0.266 e. The fraction of sp³-hybridized carbons (Fsp3) is 0.556. The predicted octanol–water partition coefficient (Wildman–Crippen LogP) is 3.94. The molecule has 0 aliphatic heterocycles. The zero-order chi connectivity index (χ0) is 15.1. The van der Waals surface area contributed by atoms with Gasteiger partial charge in [0.1, 0.15) is 0 Å². The molecule has 3 atom stereocenters. The van der Waals surface area contributed by atoms with E-state index in [2.05, 4.69) is 35.7 Å². The lowest BCUT2D eigenvalue weighted by molar-refractivity contribution is 0.0958. The molecule has 0 bridgehead atoms. The number of nitrogens with zero attached hydrogens (tertiary/aromatic N) is 1. The zero-order valence-electron chi connectivity index (χ0n) is 13.0. The molecule has 0 spiro atoms.